The molecule has 1 aliphatic rings. The highest BCUT2D eigenvalue weighted by Crippen LogP contribution is 2.25. The molecule has 7 nitrogen and oxygen atoms in total. The Bertz CT molecular complexity index is 467. The van der Waals surface area contributed by atoms with E-state index in [9.17, 15) is 14.4 Å². The van der Waals surface area contributed by atoms with Gasteiger partial charge in [0.25, 0.3) is 0 Å². The molecule has 1 aliphatic carbocycles. The van der Waals surface area contributed by atoms with E-state index in [0.717, 1.165) is 18.6 Å². The van der Waals surface area contributed by atoms with Crippen molar-refractivity contribution in [2.24, 2.45) is 0 Å². The average Bonchev–Trinajstić information content (AvgIpc) is 2.82. The molecular formula is C15H21ClO7. The smallest absolute Gasteiger partial charge is 0.457 e. The standard InChI is InChI=1S/C15H21ClO7/c1-15(2,3)23-13(18)8-7-12(17)21-10-5-4-6-11(10)22-14(19)20-9-16/h7-8,10-11H,4-6,9H2,1-3H3/b8-7+/t10-,11-/m0/s1. The number of hydrogen-bond donors (Lipinski definition) is 0. The maximum atomic E-state index is 11.7. The van der Waals surface area contributed by atoms with Crippen LogP contribution in [0.5, 0.6) is 0 Å². The fraction of sp³-hybridized carbons (Fsp3) is 0.667. The summed E-state index contributed by atoms with van der Waals surface area (Å²) in [5, 5.41) is 0. The number of hydrogen-bond acceptors (Lipinski definition) is 7. The highest BCUT2D eigenvalue weighted by atomic mass is 35.5. The molecule has 0 saturated heterocycles. The summed E-state index contributed by atoms with van der Waals surface area (Å²) >= 11 is 5.26. The molecule has 0 aromatic heterocycles. The third kappa shape index (κ3) is 7.88. The normalized spacial score (nSPS) is 21.0. The first-order valence-electron chi connectivity index (χ1n) is 7.22. The minimum absolute atomic E-state index is 0.311. The topological polar surface area (TPSA) is 88.1 Å². The third-order valence-electron chi connectivity index (χ3n) is 2.84. The lowest BCUT2D eigenvalue weighted by atomic mass is 10.2. The van der Waals surface area contributed by atoms with Crippen LogP contribution in [0.4, 0.5) is 4.79 Å². The number of halogens is 1. The van der Waals surface area contributed by atoms with Gasteiger partial charge in [-0.25, -0.2) is 14.4 Å². The van der Waals surface area contributed by atoms with Gasteiger partial charge in [0.1, 0.15) is 17.8 Å². The first-order chi connectivity index (χ1) is 10.7. The Morgan fingerprint density at radius 1 is 1.04 bits per heavy atom. The Morgan fingerprint density at radius 3 is 2.17 bits per heavy atom. The number of esters is 2. The third-order valence-corrected chi connectivity index (χ3v) is 2.95. The van der Waals surface area contributed by atoms with Crippen molar-refractivity contribution in [2.75, 3.05) is 6.07 Å². The molecule has 23 heavy (non-hydrogen) atoms. The van der Waals surface area contributed by atoms with Crippen LogP contribution in [0.15, 0.2) is 12.2 Å². The number of carbonyl (C=O) groups is 3. The summed E-state index contributed by atoms with van der Waals surface area (Å²) in [5.74, 6) is -1.35. The Kier molecular flexibility index (Phi) is 7.35. The molecule has 0 aliphatic heterocycles. The van der Waals surface area contributed by atoms with E-state index in [0.29, 0.717) is 12.8 Å². The van der Waals surface area contributed by atoms with Crippen molar-refractivity contribution in [3.05, 3.63) is 12.2 Å². The molecule has 0 radical (unpaired) electrons. The average molecular weight is 349 g/mol. The zero-order valence-electron chi connectivity index (χ0n) is 13.4. The monoisotopic (exact) mass is 348 g/mol. The van der Waals surface area contributed by atoms with Crippen LogP contribution in [0.3, 0.4) is 0 Å². The molecule has 8 heteroatoms. The molecule has 0 aromatic carbocycles. The van der Waals surface area contributed by atoms with E-state index in [1.165, 1.54) is 0 Å². The molecule has 130 valence electrons. The van der Waals surface area contributed by atoms with Crippen molar-refractivity contribution < 1.29 is 33.3 Å². The predicted molar refractivity (Wildman–Crippen MR) is 80.8 cm³/mol. The van der Waals surface area contributed by atoms with Crippen LogP contribution in [-0.2, 0) is 28.5 Å². The largest absolute Gasteiger partial charge is 0.509 e. The van der Waals surface area contributed by atoms with E-state index in [2.05, 4.69) is 4.74 Å². The molecule has 2 atom stereocenters. The summed E-state index contributed by atoms with van der Waals surface area (Å²) in [5.41, 5.74) is -0.640. The first kappa shape index (κ1) is 19.3. The van der Waals surface area contributed by atoms with Gasteiger partial charge in [-0.1, -0.05) is 11.6 Å². The maximum absolute atomic E-state index is 11.7. The Labute approximate surface area is 139 Å². The minimum Gasteiger partial charge on any atom is -0.457 e. The Balaban J connectivity index is 2.46. The lowest BCUT2D eigenvalue weighted by Crippen LogP contribution is -2.30. The minimum atomic E-state index is -0.905. The number of ether oxygens (including phenoxy) is 4. The molecule has 0 unspecified atom stereocenters. The van der Waals surface area contributed by atoms with Crippen LogP contribution in [0.2, 0.25) is 0 Å². The van der Waals surface area contributed by atoms with Gasteiger partial charge in [-0.2, -0.15) is 0 Å². The molecule has 1 fully saturated rings. The SMILES string of the molecule is CC(C)(C)OC(=O)/C=C/C(=O)O[C@H]1CCC[C@@H]1OC(=O)OCCl. The van der Waals surface area contributed by atoms with Gasteiger partial charge in [-0.05, 0) is 40.0 Å². The van der Waals surface area contributed by atoms with E-state index in [1.807, 2.05) is 0 Å². The van der Waals surface area contributed by atoms with E-state index in [4.69, 9.17) is 25.8 Å². The van der Waals surface area contributed by atoms with Gasteiger partial charge < -0.3 is 18.9 Å². The maximum Gasteiger partial charge on any atom is 0.509 e. The second-order valence-corrected chi connectivity index (χ2v) is 6.15. The molecule has 0 heterocycles. The fourth-order valence-corrected chi connectivity index (χ4v) is 2.11. The van der Waals surface area contributed by atoms with Gasteiger partial charge in [0.05, 0.1) is 0 Å². The molecule has 0 N–H and O–H groups in total. The fourth-order valence-electron chi connectivity index (χ4n) is 2.02. The predicted octanol–water partition coefficient (Wildman–Crippen LogP) is 2.70. The van der Waals surface area contributed by atoms with Gasteiger partial charge in [0.2, 0.25) is 0 Å². The van der Waals surface area contributed by atoms with E-state index in [-0.39, 0.29) is 6.07 Å². The van der Waals surface area contributed by atoms with E-state index >= 15 is 0 Å². The zero-order chi connectivity index (χ0) is 17.5. The number of alkyl halides is 1. The zero-order valence-corrected chi connectivity index (χ0v) is 14.1. The van der Waals surface area contributed by atoms with Crippen molar-refractivity contribution >= 4 is 29.7 Å². The summed E-state index contributed by atoms with van der Waals surface area (Å²) in [6, 6.07) is -0.311. The van der Waals surface area contributed by atoms with Crippen molar-refractivity contribution in [3.63, 3.8) is 0 Å². The van der Waals surface area contributed by atoms with Crippen molar-refractivity contribution in [1.29, 1.82) is 0 Å². The van der Waals surface area contributed by atoms with Crippen molar-refractivity contribution in [3.8, 4) is 0 Å². The number of carbonyl (C=O) groups excluding carboxylic acids is 3. The molecule has 1 saturated carbocycles. The highest BCUT2D eigenvalue weighted by Gasteiger charge is 2.33. The van der Waals surface area contributed by atoms with E-state index < -0.39 is 35.9 Å². The highest BCUT2D eigenvalue weighted by molar-refractivity contribution is 6.17. The summed E-state index contributed by atoms with van der Waals surface area (Å²) in [7, 11) is 0. The van der Waals surface area contributed by atoms with Crippen LogP contribution in [0.25, 0.3) is 0 Å². The van der Waals surface area contributed by atoms with Crippen LogP contribution in [0.1, 0.15) is 40.0 Å². The van der Waals surface area contributed by atoms with Gasteiger partial charge >= 0.3 is 18.1 Å². The molecule has 1 rings (SSSR count). The molecule has 0 spiro atoms. The molecule has 0 amide bonds. The lowest BCUT2D eigenvalue weighted by Gasteiger charge is -2.19. The molecule has 0 aromatic rings. The second-order valence-electron chi connectivity index (χ2n) is 5.93. The summed E-state index contributed by atoms with van der Waals surface area (Å²) in [6.07, 6.45) is 1.79. The molecule has 0 bridgehead atoms. The second kappa shape index (κ2) is 8.76. The molecular weight excluding hydrogens is 328 g/mol. The van der Waals surface area contributed by atoms with Gasteiger partial charge in [0.15, 0.2) is 6.07 Å². The lowest BCUT2D eigenvalue weighted by molar-refractivity contribution is -0.151. The quantitative estimate of drug-likeness (QED) is 0.326. The van der Waals surface area contributed by atoms with Gasteiger partial charge in [0, 0.05) is 12.2 Å². The van der Waals surface area contributed by atoms with Gasteiger partial charge in [-0.15, -0.1) is 0 Å². The first-order valence-corrected chi connectivity index (χ1v) is 7.76. The van der Waals surface area contributed by atoms with Crippen LogP contribution in [-0.4, -0.2) is 42.0 Å². The Morgan fingerprint density at radius 2 is 1.61 bits per heavy atom. The van der Waals surface area contributed by atoms with Crippen molar-refractivity contribution in [2.45, 2.75) is 57.8 Å². The van der Waals surface area contributed by atoms with Crippen LogP contribution >= 0.6 is 11.6 Å². The Hall–Kier alpha value is -1.76. The van der Waals surface area contributed by atoms with E-state index in [1.54, 1.807) is 20.8 Å². The summed E-state index contributed by atoms with van der Waals surface area (Å²) < 4.78 is 19.7. The van der Waals surface area contributed by atoms with Gasteiger partial charge in [-0.3, -0.25) is 0 Å². The van der Waals surface area contributed by atoms with Crippen molar-refractivity contribution in [1.82, 2.24) is 0 Å². The summed E-state index contributed by atoms with van der Waals surface area (Å²) in [4.78, 5) is 34.4. The van der Waals surface area contributed by atoms with Crippen LogP contribution < -0.4 is 0 Å². The van der Waals surface area contributed by atoms with Crippen LogP contribution in [0, 0.1) is 0 Å². The summed E-state index contributed by atoms with van der Waals surface area (Å²) in [6.45, 7) is 5.16. The number of rotatable bonds is 5.